The van der Waals surface area contributed by atoms with Crippen LogP contribution in [0.5, 0.6) is 11.5 Å². The van der Waals surface area contributed by atoms with Crippen LogP contribution in [-0.2, 0) is 11.4 Å². The number of benzene rings is 2. The van der Waals surface area contributed by atoms with Gasteiger partial charge < -0.3 is 9.47 Å². The van der Waals surface area contributed by atoms with Gasteiger partial charge in [0.05, 0.1) is 16.5 Å². The molecule has 0 aliphatic carbocycles. The molecule has 0 saturated carbocycles. The van der Waals surface area contributed by atoms with Crippen LogP contribution in [0.4, 0.5) is 4.39 Å². The van der Waals surface area contributed by atoms with Crippen LogP contribution in [0, 0.1) is 5.82 Å². The maximum absolute atomic E-state index is 13.9. The lowest BCUT2D eigenvalue weighted by atomic mass is 10.1. The summed E-state index contributed by atoms with van der Waals surface area (Å²) < 4.78 is 25.4. The first kappa shape index (κ1) is 23.2. The SMILES string of the molecule is CCN=C1S/C(=C\c2cc(Cl)c(OCc3ccccc3F)c(OCC)c2)C(=O)N1CC. The van der Waals surface area contributed by atoms with E-state index in [0.29, 0.717) is 57.4 Å². The summed E-state index contributed by atoms with van der Waals surface area (Å²) in [6, 6.07) is 9.86. The fraction of sp³-hybridized carbons (Fsp3) is 0.304. The monoisotopic (exact) mass is 462 g/mol. The Labute approximate surface area is 190 Å². The van der Waals surface area contributed by atoms with Gasteiger partial charge in [0.15, 0.2) is 16.7 Å². The van der Waals surface area contributed by atoms with Gasteiger partial charge in [-0.15, -0.1) is 0 Å². The zero-order valence-electron chi connectivity index (χ0n) is 17.7. The van der Waals surface area contributed by atoms with E-state index in [0.717, 1.165) is 0 Å². The van der Waals surface area contributed by atoms with Crippen LogP contribution < -0.4 is 9.47 Å². The molecule has 1 fully saturated rings. The maximum Gasteiger partial charge on any atom is 0.266 e. The van der Waals surface area contributed by atoms with Crippen LogP contribution in [0.2, 0.25) is 5.02 Å². The van der Waals surface area contributed by atoms with Crippen molar-refractivity contribution in [1.29, 1.82) is 0 Å². The highest BCUT2D eigenvalue weighted by atomic mass is 35.5. The predicted octanol–water partition coefficient (Wildman–Crippen LogP) is 5.77. The molecule has 0 N–H and O–H groups in total. The van der Waals surface area contributed by atoms with Crippen molar-refractivity contribution in [2.24, 2.45) is 4.99 Å². The molecule has 5 nitrogen and oxygen atoms in total. The van der Waals surface area contributed by atoms with Crippen molar-refractivity contribution in [3.8, 4) is 11.5 Å². The van der Waals surface area contributed by atoms with Crippen LogP contribution in [0.15, 0.2) is 46.3 Å². The fourth-order valence-electron chi connectivity index (χ4n) is 3.03. The van der Waals surface area contributed by atoms with E-state index in [1.807, 2.05) is 20.8 Å². The molecule has 1 aliphatic rings. The smallest absolute Gasteiger partial charge is 0.266 e. The summed E-state index contributed by atoms with van der Waals surface area (Å²) in [5.41, 5.74) is 1.12. The molecular formula is C23H24ClFN2O3S. The summed E-state index contributed by atoms with van der Waals surface area (Å²) in [4.78, 5) is 19.3. The number of amidine groups is 1. The Hall–Kier alpha value is -2.51. The molecule has 0 aromatic heterocycles. The Balaban J connectivity index is 1.89. The zero-order valence-corrected chi connectivity index (χ0v) is 19.2. The van der Waals surface area contributed by atoms with Crippen molar-refractivity contribution in [3.63, 3.8) is 0 Å². The first-order valence-electron chi connectivity index (χ1n) is 10.1. The lowest BCUT2D eigenvalue weighted by Crippen LogP contribution is -2.28. The third-order valence-corrected chi connectivity index (χ3v) is 5.78. The Bertz CT molecular complexity index is 1030. The van der Waals surface area contributed by atoms with Gasteiger partial charge in [0.2, 0.25) is 0 Å². The van der Waals surface area contributed by atoms with Gasteiger partial charge in [-0.3, -0.25) is 14.7 Å². The van der Waals surface area contributed by atoms with Crippen LogP contribution in [0.3, 0.4) is 0 Å². The molecule has 2 aromatic carbocycles. The molecule has 0 spiro atoms. The quantitative estimate of drug-likeness (QED) is 0.467. The number of hydrogen-bond acceptors (Lipinski definition) is 5. The van der Waals surface area contributed by atoms with Crippen molar-refractivity contribution < 1.29 is 18.7 Å². The highest BCUT2D eigenvalue weighted by Gasteiger charge is 2.32. The topological polar surface area (TPSA) is 51.1 Å². The molecule has 0 atom stereocenters. The van der Waals surface area contributed by atoms with Crippen LogP contribution in [-0.4, -0.2) is 35.7 Å². The number of nitrogens with zero attached hydrogens (tertiary/aromatic N) is 2. The number of likely N-dealkylation sites (N-methyl/N-ethyl adjacent to an activating group) is 1. The standard InChI is InChI=1S/C23H24ClFN2O3S/c1-4-26-23-27(5-2)22(28)20(31-23)13-15-11-17(24)21(19(12-15)29-6-3)30-14-16-9-7-8-10-18(16)25/h7-13H,4-6,14H2,1-3H3/b20-13-,26-23?. The van der Waals surface area contributed by atoms with E-state index in [-0.39, 0.29) is 18.3 Å². The summed E-state index contributed by atoms with van der Waals surface area (Å²) in [5.74, 6) is 0.333. The van der Waals surface area contributed by atoms with E-state index in [1.54, 1.807) is 41.3 Å². The average molecular weight is 463 g/mol. The predicted molar refractivity (Wildman–Crippen MR) is 124 cm³/mol. The molecule has 1 aliphatic heterocycles. The van der Waals surface area contributed by atoms with Gasteiger partial charge in [0.1, 0.15) is 12.4 Å². The van der Waals surface area contributed by atoms with Crippen molar-refractivity contribution in [1.82, 2.24) is 4.90 Å². The number of thioether (sulfide) groups is 1. The molecular weight excluding hydrogens is 439 g/mol. The molecule has 0 unspecified atom stereocenters. The molecule has 1 amide bonds. The minimum Gasteiger partial charge on any atom is -0.490 e. The minimum absolute atomic E-state index is 0.0174. The number of ether oxygens (including phenoxy) is 2. The molecule has 164 valence electrons. The Morgan fingerprint density at radius 3 is 2.65 bits per heavy atom. The number of hydrogen-bond donors (Lipinski definition) is 0. The number of rotatable bonds is 8. The van der Waals surface area contributed by atoms with Crippen LogP contribution >= 0.6 is 23.4 Å². The van der Waals surface area contributed by atoms with Gasteiger partial charge in [-0.2, -0.15) is 0 Å². The van der Waals surface area contributed by atoms with Gasteiger partial charge in [-0.1, -0.05) is 29.8 Å². The van der Waals surface area contributed by atoms with Crippen molar-refractivity contribution in [2.45, 2.75) is 27.4 Å². The molecule has 3 rings (SSSR count). The van der Waals surface area contributed by atoms with Crippen molar-refractivity contribution in [3.05, 3.63) is 63.3 Å². The fourth-order valence-corrected chi connectivity index (χ4v) is 4.41. The third kappa shape index (κ3) is 5.40. The summed E-state index contributed by atoms with van der Waals surface area (Å²) in [6.45, 7) is 7.27. The highest BCUT2D eigenvalue weighted by molar-refractivity contribution is 8.18. The van der Waals surface area contributed by atoms with Crippen molar-refractivity contribution >= 4 is 40.5 Å². The van der Waals surface area contributed by atoms with E-state index in [9.17, 15) is 9.18 Å². The summed E-state index contributed by atoms with van der Waals surface area (Å²) in [6.07, 6.45) is 1.77. The number of carbonyl (C=O) groups excluding carboxylic acids is 1. The van der Waals surface area contributed by atoms with Gasteiger partial charge in [0, 0.05) is 18.7 Å². The van der Waals surface area contributed by atoms with Gasteiger partial charge in [0.25, 0.3) is 5.91 Å². The minimum atomic E-state index is -0.347. The largest absolute Gasteiger partial charge is 0.490 e. The number of amides is 1. The molecule has 1 heterocycles. The second-order valence-electron chi connectivity index (χ2n) is 6.56. The molecule has 2 aromatic rings. The Morgan fingerprint density at radius 1 is 1.19 bits per heavy atom. The lowest BCUT2D eigenvalue weighted by molar-refractivity contribution is -0.122. The van der Waals surface area contributed by atoms with E-state index in [1.165, 1.54) is 17.8 Å². The highest BCUT2D eigenvalue weighted by Crippen LogP contribution is 2.39. The van der Waals surface area contributed by atoms with Gasteiger partial charge in [-0.05, 0) is 62.4 Å². The first-order valence-corrected chi connectivity index (χ1v) is 11.3. The van der Waals surface area contributed by atoms with Gasteiger partial charge >= 0.3 is 0 Å². The number of carbonyl (C=O) groups is 1. The maximum atomic E-state index is 13.9. The average Bonchev–Trinajstić information content (AvgIpc) is 3.03. The second-order valence-corrected chi connectivity index (χ2v) is 7.98. The molecule has 31 heavy (non-hydrogen) atoms. The van der Waals surface area contributed by atoms with Crippen LogP contribution in [0.1, 0.15) is 31.9 Å². The summed E-state index contributed by atoms with van der Waals surface area (Å²) in [5, 5.41) is 1.02. The van der Waals surface area contributed by atoms with Crippen LogP contribution in [0.25, 0.3) is 6.08 Å². The molecule has 0 bridgehead atoms. The Kier molecular flexibility index (Phi) is 7.98. The normalized spacial score (nSPS) is 16.4. The van der Waals surface area contributed by atoms with Crippen molar-refractivity contribution in [2.75, 3.05) is 19.7 Å². The van der Waals surface area contributed by atoms with E-state index < -0.39 is 0 Å². The van der Waals surface area contributed by atoms with E-state index in [4.69, 9.17) is 21.1 Å². The van der Waals surface area contributed by atoms with E-state index in [2.05, 4.69) is 4.99 Å². The summed E-state index contributed by atoms with van der Waals surface area (Å²) in [7, 11) is 0. The van der Waals surface area contributed by atoms with Gasteiger partial charge in [-0.25, -0.2) is 4.39 Å². The second kappa shape index (κ2) is 10.7. The zero-order chi connectivity index (χ0) is 22.4. The Morgan fingerprint density at radius 2 is 1.97 bits per heavy atom. The molecule has 8 heteroatoms. The molecule has 0 radical (unpaired) electrons. The number of halogens is 2. The number of aliphatic imine (C=N–C) groups is 1. The van der Waals surface area contributed by atoms with E-state index >= 15 is 0 Å². The molecule has 1 saturated heterocycles. The first-order chi connectivity index (χ1) is 15.0. The lowest BCUT2D eigenvalue weighted by Gasteiger charge is -2.15. The third-order valence-electron chi connectivity index (χ3n) is 4.46. The summed E-state index contributed by atoms with van der Waals surface area (Å²) >= 11 is 7.82.